The Bertz CT molecular complexity index is 640. The van der Waals surface area contributed by atoms with Crippen LogP contribution in [0.2, 0.25) is 0 Å². The number of nitrogens with one attached hydrogen (secondary N) is 1. The van der Waals surface area contributed by atoms with Crippen molar-refractivity contribution in [2.24, 2.45) is 0 Å². The molecule has 0 amide bonds. The summed E-state index contributed by atoms with van der Waals surface area (Å²) >= 11 is 0. The molecule has 0 fully saturated rings. The first-order valence-corrected chi connectivity index (χ1v) is 5.94. The second-order valence-electron chi connectivity index (χ2n) is 4.28. The molecular formula is C15H14N2O. The molecule has 2 heterocycles. The summed E-state index contributed by atoms with van der Waals surface area (Å²) in [7, 11) is 0. The highest BCUT2D eigenvalue weighted by molar-refractivity contribution is 5.75. The van der Waals surface area contributed by atoms with Gasteiger partial charge < -0.3 is 9.72 Å². The lowest BCUT2D eigenvalue weighted by Crippen LogP contribution is -1.96. The number of aromatic amines is 1. The van der Waals surface area contributed by atoms with Gasteiger partial charge in [0.25, 0.3) is 0 Å². The van der Waals surface area contributed by atoms with Crippen molar-refractivity contribution in [1.82, 2.24) is 9.97 Å². The Balaban J connectivity index is 1.79. The molecule has 0 aliphatic rings. The van der Waals surface area contributed by atoms with E-state index in [0.29, 0.717) is 6.61 Å². The second kappa shape index (κ2) is 4.53. The van der Waals surface area contributed by atoms with Gasteiger partial charge in [-0.25, -0.2) is 0 Å². The predicted octanol–water partition coefficient (Wildman–Crippen LogP) is 3.45. The topological polar surface area (TPSA) is 37.9 Å². The highest BCUT2D eigenvalue weighted by atomic mass is 16.5. The van der Waals surface area contributed by atoms with Crippen molar-refractivity contribution in [2.45, 2.75) is 13.5 Å². The molecule has 0 unspecified atom stereocenters. The molecule has 18 heavy (non-hydrogen) atoms. The Kier molecular flexibility index (Phi) is 2.73. The number of aryl methyl sites for hydroxylation is 1. The molecule has 2 aromatic heterocycles. The third kappa shape index (κ3) is 2.07. The zero-order chi connectivity index (χ0) is 12.4. The Labute approximate surface area is 105 Å². The van der Waals surface area contributed by atoms with Crippen LogP contribution in [0.15, 0.2) is 48.7 Å². The van der Waals surface area contributed by atoms with E-state index in [9.17, 15) is 0 Å². The van der Waals surface area contributed by atoms with Gasteiger partial charge in [-0.3, -0.25) is 4.98 Å². The number of benzene rings is 1. The molecule has 0 atom stereocenters. The summed E-state index contributed by atoms with van der Waals surface area (Å²) in [5, 5.41) is 0. The average Bonchev–Trinajstić information content (AvgIpc) is 2.80. The van der Waals surface area contributed by atoms with Gasteiger partial charge in [0.05, 0.1) is 16.7 Å². The lowest BCUT2D eigenvalue weighted by atomic mass is 10.2. The number of nitrogens with zero attached hydrogens (tertiary/aromatic N) is 1. The number of para-hydroxylation sites is 1. The summed E-state index contributed by atoms with van der Waals surface area (Å²) in [6, 6.07) is 14.0. The number of fused-ring (bicyclic) bond motifs is 1. The van der Waals surface area contributed by atoms with E-state index in [2.05, 4.69) is 9.97 Å². The number of aromatic nitrogens is 2. The molecule has 0 spiro atoms. The van der Waals surface area contributed by atoms with Crippen molar-refractivity contribution >= 4 is 11.0 Å². The monoisotopic (exact) mass is 238 g/mol. The Morgan fingerprint density at radius 3 is 2.89 bits per heavy atom. The minimum Gasteiger partial charge on any atom is -0.487 e. The molecule has 3 aromatic rings. The number of H-pyrrole nitrogens is 1. The highest BCUT2D eigenvalue weighted by Gasteiger charge is 2.03. The number of hydrogen-bond donors (Lipinski definition) is 1. The van der Waals surface area contributed by atoms with Crippen LogP contribution in [0.3, 0.4) is 0 Å². The van der Waals surface area contributed by atoms with E-state index < -0.39 is 0 Å². The standard InChI is InChI=1S/C15H14N2O/c1-11-5-2-3-7-15(11)18-10-12-9-14-13(17-12)6-4-8-16-14/h2-9,17H,10H2,1H3. The van der Waals surface area contributed by atoms with Crippen LogP contribution in [0.1, 0.15) is 11.3 Å². The van der Waals surface area contributed by atoms with Gasteiger partial charge in [-0.1, -0.05) is 18.2 Å². The second-order valence-corrected chi connectivity index (χ2v) is 4.28. The van der Waals surface area contributed by atoms with Gasteiger partial charge in [0, 0.05) is 6.20 Å². The average molecular weight is 238 g/mol. The third-order valence-corrected chi connectivity index (χ3v) is 2.92. The fraction of sp³-hybridized carbons (Fsp3) is 0.133. The molecule has 0 aliphatic heterocycles. The van der Waals surface area contributed by atoms with Crippen LogP contribution in [0.5, 0.6) is 5.75 Å². The summed E-state index contributed by atoms with van der Waals surface area (Å²) in [5.41, 5.74) is 4.19. The SMILES string of the molecule is Cc1ccccc1OCc1cc2ncccc2[nH]1. The summed E-state index contributed by atoms with van der Waals surface area (Å²) in [6.45, 7) is 2.57. The maximum absolute atomic E-state index is 5.79. The van der Waals surface area contributed by atoms with Crippen LogP contribution < -0.4 is 4.74 Å². The minimum absolute atomic E-state index is 0.529. The van der Waals surface area contributed by atoms with Gasteiger partial charge >= 0.3 is 0 Å². The molecule has 0 aliphatic carbocycles. The fourth-order valence-corrected chi connectivity index (χ4v) is 1.96. The largest absolute Gasteiger partial charge is 0.487 e. The van der Waals surface area contributed by atoms with Crippen molar-refractivity contribution in [3.8, 4) is 5.75 Å². The van der Waals surface area contributed by atoms with Crippen LogP contribution in [-0.4, -0.2) is 9.97 Å². The van der Waals surface area contributed by atoms with Crippen molar-refractivity contribution in [1.29, 1.82) is 0 Å². The number of ether oxygens (including phenoxy) is 1. The van der Waals surface area contributed by atoms with Gasteiger partial charge in [0.2, 0.25) is 0 Å². The van der Waals surface area contributed by atoms with Crippen LogP contribution in [0.25, 0.3) is 11.0 Å². The van der Waals surface area contributed by atoms with Crippen molar-refractivity contribution in [3.05, 3.63) is 59.9 Å². The Morgan fingerprint density at radius 2 is 2.06 bits per heavy atom. The molecule has 0 saturated carbocycles. The smallest absolute Gasteiger partial charge is 0.128 e. The van der Waals surface area contributed by atoms with Crippen LogP contribution in [0.4, 0.5) is 0 Å². The maximum atomic E-state index is 5.79. The first kappa shape index (κ1) is 10.8. The van der Waals surface area contributed by atoms with Crippen LogP contribution in [0, 0.1) is 6.92 Å². The molecule has 3 heteroatoms. The number of rotatable bonds is 3. The zero-order valence-electron chi connectivity index (χ0n) is 10.2. The molecular weight excluding hydrogens is 224 g/mol. The van der Waals surface area contributed by atoms with E-state index in [1.54, 1.807) is 6.20 Å². The maximum Gasteiger partial charge on any atom is 0.128 e. The van der Waals surface area contributed by atoms with Gasteiger partial charge in [0.1, 0.15) is 12.4 Å². The molecule has 90 valence electrons. The molecule has 3 rings (SSSR count). The molecule has 1 N–H and O–H groups in total. The third-order valence-electron chi connectivity index (χ3n) is 2.92. The lowest BCUT2D eigenvalue weighted by molar-refractivity contribution is 0.300. The lowest BCUT2D eigenvalue weighted by Gasteiger charge is -2.07. The summed E-state index contributed by atoms with van der Waals surface area (Å²) in [4.78, 5) is 7.59. The van der Waals surface area contributed by atoms with E-state index in [0.717, 1.165) is 28.0 Å². The first-order valence-electron chi connectivity index (χ1n) is 5.94. The first-order chi connectivity index (χ1) is 8.83. The van der Waals surface area contributed by atoms with Crippen molar-refractivity contribution < 1.29 is 4.74 Å². The quantitative estimate of drug-likeness (QED) is 0.759. The summed E-state index contributed by atoms with van der Waals surface area (Å²) in [5.74, 6) is 0.920. The molecule has 0 saturated heterocycles. The highest BCUT2D eigenvalue weighted by Crippen LogP contribution is 2.19. The van der Waals surface area contributed by atoms with E-state index >= 15 is 0 Å². The summed E-state index contributed by atoms with van der Waals surface area (Å²) in [6.07, 6.45) is 1.79. The van der Waals surface area contributed by atoms with E-state index in [-0.39, 0.29) is 0 Å². The minimum atomic E-state index is 0.529. The van der Waals surface area contributed by atoms with E-state index in [1.807, 2.05) is 49.4 Å². The zero-order valence-corrected chi connectivity index (χ0v) is 10.2. The van der Waals surface area contributed by atoms with Gasteiger partial charge in [-0.05, 0) is 36.8 Å². The molecule has 1 aromatic carbocycles. The molecule has 3 nitrogen and oxygen atoms in total. The molecule has 0 radical (unpaired) electrons. The predicted molar refractivity (Wildman–Crippen MR) is 71.6 cm³/mol. The molecule has 0 bridgehead atoms. The fourth-order valence-electron chi connectivity index (χ4n) is 1.96. The van der Waals surface area contributed by atoms with Gasteiger partial charge in [-0.2, -0.15) is 0 Å². The number of pyridine rings is 1. The van der Waals surface area contributed by atoms with E-state index in [4.69, 9.17) is 4.74 Å². The number of hydrogen-bond acceptors (Lipinski definition) is 2. The van der Waals surface area contributed by atoms with Gasteiger partial charge in [0.15, 0.2) is 0 Å². The Morgan fingerprint density at radius 1 is 1.17 bits per heavy atom. The van der Waals surface area contributed by atoms with Crippen LogP contribution in [-0.2, 0) is 6.61 Å². The van der Waals surface area contributed by atoms with Crippen molar-refractivity contribution in [2.75, 3.05) is 0 Å². The summed E-state index contributed by atoms with van der Waals surface area (Å²) < 4.78 is 5.79. The van der Waals surface area contributed by atoms with Crippen LogP contribution >= 0.6 is 0 Å². The van der Waals surface area contributed by atoms with E-state index in [1.165, 1.54) is 0 Å². The normalized spacial score (nSPS) is 10.7. The van der Waals surface area contributed by atoms with Crippen molar-refractivity contribution in [3.63, 3.8) is 0 Å². The van der Waals surface area contributed by atoms with Gasteiger partial charge in [-0.15, -0.1) is 0 Å². The Hall–Kier alpha value is -2.29.